The van der Waals surface area contributed by atoms with Crippen LogP contribution in [0.2, 0.25) is 0 Å². The maximum atomic E-state index is 10.4. The Morgan fingerprint density at radius 2 is 2.38 bits per heavy atom. The van der Waals surface area contributed by atoms with Gasteiger partial charge >= 0.3 is 12.0 Å². The predicted octanol–water partition coefficient (Wildman–Crippen LogP) is -0.0465. The fourth-order valence-electron chi connectivity index (χ4n) is 0.782. The first-order chi connectivity index (χ1) is 6.27. The fraction of sp³-hybridized carbons (Fsp3) is 0. The fourth-order valence-corrected chi connectivity index (χ4v) is 0.782. The van der Waals surface area contributed by atoms with E-state index in [1.54, 1.807) is 0 Å². The van der Waals surface area contributed by atoms with Crippen LogP contribution in [0.3, 0.4) is 0 Å². The van der Waals surface area contributed by atoms with Crippen LogP contribution in [0.1, 0.15) is 10.6 Å². The predicted molar refractivity (Wildman–Crippen MR) is 38.4 cm³/mol. The maximum absolute atomic E-state index is 10.4. The van der Waals surface area contributed by atoms with E-state index >= 15 is 0 Å². The third-order valence-electron chi connectivity index (χ3n) is 1.30. The van der Waals surface area contributed by atoms with Gasteiger partial charge in [-0.1, -0.05) is 0 Å². The van der Waals surface area contributed by atoms with Gasteiger partial charge in [0.1, 0.15) is 12.6 Å². The number of aromatic nitrogens is 4. The number of hydrogen-bond acceptors (Lipinski definition) is 5. The molecule has 1 N–H and O–H groups in total. The van der Waals surface area contributed by atoms with Crippen molar-refractivity contribution in [3.63, 3.8) is 0 Å². The van der Waals surface area contributed by atoms with Crippen LogP contribution in [0, 0.1) is 0 Å². The molecule has 0 spiro atoms. The average Bonchev–Trinajstić information content (AvgIpc) is 2.75. The number of rotatable bonds is 2. The van der Waals surface area contributed by atoms with Gasteiger partial charge in [0.15, 0.2) is 0 Å². The summed E-state index contributed by atoms with van der Waals surface area (Å²) >= 11 is 0. The van der Waals surface area contributed by atoms with E-state index in [1.807, 2.05) is 0 Å². The number of carboxylic acid groups (broad SMARTS) is 1. The van der Waals surface area contributed by atoms with Gasteiger partial charge in [-0.05, 0) is 0 Å². The first-order valence-corrected chi connectivity index (χ1v) is 3.32. The van der Waals surface area contributed by atoms with Crippen LogP contribution in [-0.2, 0) is 0 Å². The minimum absolute atomic E-state index is 0.181. The number of carbonyl (C=O) groups is 1. The van der Waals surface area contributed by atoms with E-state index in [2.05, 4.69) is 15.1 Å². The van der Waals surface area contributed by atoms with E-state index in [-0.39, 0.29) is 11.8 Å². The molecule has 0 unspecified atom stereocenters. The van der Waals surface area contributed by atoms with Crippen LogP contribution in [-0.4, -0.2) is 30.8 Å². The van der Waals surface area contributed by atoms with Crippen molar-refractivity contribution in [2.24, 2.45) is 0 Å². The van der Waals surface area contributed by atoms with Crippen LogP contribution in [0.4, 0.5) is 0 Å². The Balaban J connectivity index is 2.39. The summed E-state index contributed by atoms with van der Waals surface area (Å²) in [6.07, 6.45) is 4.00. The first-order valence-electron chi connectivity index (χ1n) is 3.32. The Kier molecular flexibility index (Phi) is 1.55. The molecule has 0 aliphatic rings. The minimum Gasteiger partial charge on any atom is -0.475 e. The molecule has 0 aromatic carbocycles. The van der Waals surface area contributed by atoms with E-state index in [9.17, 15) is 4.79 Å². The van der Waals surface area contributed by atoms with Gasteiger partial charge in [0.05, 0.1) is 6.20 Å². The standard InChI is InChI=1S/C6H4N4O3/c11-5(12)4-8-3-10(9-4)6-7-1-2-13-6/h1-3H,(H,11,12). The number of carboxylic acids is 1. The molecule has 2 aromatic heterocycles. The summed E-state index contributed by atoms with van der Waals surface area (Å²) in [5.74, 6) is -1.48. The summed E-state index contributed by atoms with van der Waals surface area (Å²) < 4.78 is 6.01. The summed E-state index contributed by atoms with van der Waals surface area (Å²) in [6, 6.07) is 0.181. The van der Waals surface area contributed by atoms with Crippen molar-refractivity contribution >= 4 is 5.97 Å². The molecule has 2 rings (SSSR count). The highest BCUT2D eigenvalue weighted by Gasteiger charge is 2.11. The molecule has 0 fully saturated rings. The minimum atomic E-state index is -1.19. The van der Waals surface area contributed by atoms with Gasteiger partial charge in [0.2, 0.25) is 0 Å². The highest BCUT2D eigenvalue weighted by atomic mass is 16.4. The van der Waals surface area contributed by atoms with Crippen LogP contribution in [0.25, 0.3) is 6.01 Å². The normalized spacial score (nSPS) is 10.2. The molecule has 7 nitrogen and oxygen atoms in total. The lowest BCUT2D eigenvalue weighted by Crippen LogP contribution is -2.01. The lowest BCUT2D eigenvalue weighted by Gasteiger charge is -1.88. The van der Waals surface area contributed by atoms with Crippen molar-refractivity contribution in [2.75, 3.05) is 0 Å². The Labute approximate surface area is 71.7 Å². The van der Waals surface area contributed by atoms with Gasteiger partial charge < -0.3 is 9.52 Å². The molecular formula is C6H4N4O3. The molecule has 0 radical (unpaired) electrons. The van der Waals surface area contributed by atoms with E-state index in [0.717, 1.165) is 4.68 Å². The van der Waals surface area contributed by atoms with E-state index < -0.39 is 5.97 Å². The van der Waals surface area contributed by atoms with Crippen molar-refractivity contribution in [1.82, 2.24) is 19.7 Å². The van der Waals surface area contributed by atoms with Gasteiger partial charge in [-0.25, -0.2) is 14.8 Å². The Hall–Kier alpha value is -2.18. The summed E-state index contributed by atoms with van der Waals surface area (Å²) in [5, 5.41) is 12.1. The third-order valence-corrected chi connectivity index (χ3v) is 1.30. The Morgan fingerprint density at radius 3 is 2.92 bits per heavy atom. The third kappa shape index (κ3) is 1.26. The smallest absolute Gasteiger partial charge is 0.375 e. The van der Waals surface area contributed by atoms with Gasteiger partial charge in [0.25, 0.3) is 5.82 Å². The molecule has 66 valence electrons. The van der Waals surface area contributed by atoms with E-state index in [1.165, 1.54) is 18.8 Å². The van der Waals surface area contributed by atoms with Crippen molar-refractivity contribution in [1.29, 1.82) is 0 Å². The summed E-state index contributed by atoms with van der Waals surface area (Å²) in [7, 11) is 0. The SMILES string of the molecule is O=C(O)c1ncn(-c2ncco2)n1. The zero-order valence-corrected chi connectivity index (χ0v) is 6.28. The van der Waals surface area contributed by atoms with Crippen molar-refractivity contribution in [3.05, 3.63) is 24.6 Å². The molecule has 0 aliphatic carbocycles. The molecule has 7 heteroatoms. The molecule has 0 bridgehead atoms. The Bertz CT molecular complexity index is 419. The number of oxazole rings is 1. The molecule has 0 aliphatic heterocycles. The molecule has 0 atom stereocenters. The van der Waals surface area contributed by atoms with E-state index in [4.69, 9.17) is 9.52 Å². The molecule has 0 amide bonds. The van der Waals surface area contributed by atoms with Crippen LogP contribution in [0.5, 0.6) is 0 Å². The highest BCUT2D eigenvalue weighted by molar-refractivity contribution is 5.82. The second-order valence-electron chi connectivity index (χ2n) is 2.13. The second kappa shape index (κ2) is 2.70. The first kappa shape index (κ1) is 7.47. The molecule has 2 heterocycles. The van der Waals surface area contributed by atoms with Gasteiger partial charge in [-0.2, -0.15) is 4.68 Å². The summed E-state index contributed by atoms with van der Waals surface area (Å²) in [6.45, 7) is 0. The molecule has 13 heavy (non-hydrogen) atoms. The van der Waals surface area contributed by atoms with Crippen LogP contribution in [0.15, 0.2) is 23.2 Å². The number of hydrogen-bond donors (Lipinski definition) is 1. The lowest BCUT2D eigenvalue weighted by molar-refractivity contribution is 0.0683. The lowest BCUT2D eigenvalue weighted by atomic mass is 10.7. The quantitative estimate of drug-likeness (QED) is 0.696. The van der Waals surface area contributed by atoms with Crippen molar-refractivity contribution in [3.8, 4) is 6.01 Å². The molecule has 2 aromatic rings. The number of aromatic carboxylic acids is 1. The largest absolute Gasteiger partial charge is 0.475 e. The average molecular weight is 180 g/mol. The number of nitrogens with zero attached hydrogens (tertiary/aromatic N) is 4. The van der Waals surface area contributed by atoms with E-state index in [0.29, 0.717) is 0 Å². The second-order valence-corrected chi connectivity index (χ2v) is 2.13. The van der Waals surface area contributed by atoms with Crippen LogP contribution < -0.4 is 0 Å². The van der Waals surface area contributed by atoms with Crippen LogP contribution >= 0.6 is 0 Å². The monoisotopic (exact) mass is 180 g/mol. The van der Waals surface area contributed by atoms with Gasteiger partial charge in [-0.3, -0.25) is 0 Å². The zero-order chi connectivity index (χ0) is 9.26. The molecule has 0 saturated heterocycles. The Morgan fingerprint density at radius 1 is 1.54 bits per heavy atom. The highest BCUT2D eigenvalue weighted by Crippen LogP contribution is 2.01. The molecular weight excluding hydrogens is 176 g/mol. The summed E-state index contributed by atoms with van der Waals surface area (Å²) in [5.41, 5.74) is 0. The summed E-state index contributed by atoms with van der Waals surface area (Å²) in [4.78, 5) is 17.7. The van der Waals surface area contributed by atoms with Crippen molar-refractivity contribution in [2.45, 2.75) is 0 Å². The molecule has 0 saturated carbocycles. The van der Waals surface area contributed by atoms with Gasteiger partial charge in [-0.15, -0.1) is 5.10 Å². The van der Waals surface area contributed by atoms with Gasteiger partial charge in [0, 0.05) is 0 Å². The topological polar surface area (TPSA) is 94.0 Å². The van der Waals surface area contributed by atoms with Crippen molar-refractivity contribution < 1.29 is 14.3 Å². The maximum Gasteiger partial charge on any atom is 0.375 e. The zero-order valence-electron chi connectivity index (χ0n) is 6.28.